The van der Waals surface area contributed by atoms with Gasteiger partial charge in [-0.2, -0.15) is 10.5 Å². The molecule has 1 aromatic carbocycles. The number of methoxy groups -OCH3 is 1. The number of nitriles is 2. The van der Waals surface area contributed by atoms with E-state index >= 15 is 0 Å². The second-order valence-electron chi connectivity index (χ2n) is 5.33. The van der Waals surface area contributed by atoms with Crippen LogP contribution in [0.25, 0.3) is 10.4 Å². The number of hydrogen-bond donors (Lipinski definition) is 1. The molecule has 0 atom stereocenters. The molecule has 0 aliphatic carbocycles. The number of nitrogens with two attached hydrogens (primary N) is 1. The number of H-pyrrole nitrogens is 1. The number of thiophene rings is 1. The lowest BCUT2D eigenvalue weighted by molar-refractivity contribution is -0.410. The van der Waals surface area contributed by atoms with Crippen molar-refractivity contribution in [1.29, 1.82) is 10.5 Å². The van der Waals surface area contributed by atoms with Gasteiger partial charge in [-0.15, -0.1) is 11.3 Å². The van der Waals surface area contributed by atoms with Crippen molar-refractivity contribution >= 4 is 28.9 Å². The maximum Gasteiger partial charge on any atom is 0.289 e. The molecule has 7 heteroatoms. The number of benzene rings is 1. The Morgan fingerprint density at radius 3 is 2.65 bits per heavy atom. The van der Waals surface area contributed by atoms with E-state index in [4.69, 9.17) is 10.5 Å². The Kier molecular flexibility index (Phi) is 5.43. The minimum atomic E-state index is 0.267. The van der Waals surface area contributed by atoms with Gasteiger partial charge in [0.2, 0.25) is 0 Å². The van der Waals surface area contributed by atoms with Gasteiger partial charge in [-0.1, -0.05) is 30.0 Å². The van der Waals surface area contributed by atoms with Gasteiger partial charge in [0.15, 0.2) is 10.6 Å². The second kappa shape index (κ2) is 7.92. The SMILES string of the molecule is COc1cccc(CSc2[nH+]c(N)c(C#N)c(-c3cccs3)c2C#N)c1. The van der Waals surface area contributed by atoms with E-state index < -0.39 is 0 Å². The summed E-state index contributed by atoms with van der Waals surface area (Å²) in [4.78, 5) is 3.87. The molecule has 3 rings (SSSR count). The topological polar surface area (TPSA) is 97.0 Å². The first kappa shape index (κ1) is 17.8. The van der Waals surface area contributed by atoms with Crippen LogP contribution in [0.4, 0.5) is 5.82 Å². The Labute approximate surface area is 159 Å². The van der Waals surface area contributed by atoms with E-state index in [0.29, 0.717) is 27.5 Å². The summed E-state index contributed by atoms with van der Waals surface area (Å²) in [5, 5.41) is 21.8. The van der Waals surface area contributed by atoms with Gasteiger partial charge < -0.3 is 4.74 Å². The first-order chi connectivity index (χ1) is 12.7. The highest BCUT2D eigenvalue weighted by atomic mass is 32.2. The van der Waals surface area contributed by atoms with E-state index in [1.807, 2.05) is 41.8 Å². The Hall–Kier alpha value is -3.00. The number of nitrogen functional groups attached to an aromatic ring is 1. The third kappa shape index (κ3) is 3.50. The number of pyridine rings is 1. The molecule has 2 heterocycles. The summed E-state index contributed by atoms with van der Waals surface area (Å²) < 4.78 is 5.25. The predicted molar refractivity (Wildman–Crippen MR) is 103 cm³/mol. The zero-order valence-corrected chi connectivity index (χ0v) is 15.6. The van der Waals surface area contributed by atoms with Crippen molar-refractivity contribution in [1.82, 2.24) is 0 Å². The molecule has 3 N–H and O–H groups in total. The number of aromatic amines is 1. The fourth-order valence-corrected chi connectivity index (χ4v) is 4.28. The number of hydrogen-bond acceptors (Lipinski definition) is 6. The van der Waals surface area contributed by atoms with Crippen molar-refractivity contribution in [2.75, 3.05) is 12.8 Å². The fraction of sp³-hybridized carbons (Fsp3) is 0.105. The molecule has 0 saturated carbocycles. The number of thioether (sulfide) groups is 1. The number of nitrogens with zero attached hydrogens (tertiary/aromatic N) is 2. The summed E-state index contributed by atoms with van der Waals surface area (Å²) in [6, 6.07) is 15.9. The largest absolute Gasteiger partial charge is 0.497 e. The minimum Gasteiger partial charge on any atom is -0.497 e. The Balaban J connectivity index is 2.02. The summed E-state index contributed by atoms with van der Waals surface area (Å²) in [5.74, 6) is 1.69. The van der Waals surface area contributed by atoms with Crippen molar-refractivity contribution < 1.29 is 9.72 Å². The highest BCUT2D eigenvalue weighted by Gasteiger charge is 2.24. The molecule has 0 spiro atoms. The smallest absolute Gasteiger partial charge is 0.289 e. The molecule has 0 aliphatic rings. The van der Waals surface area contributed by atoms with Crippen LogP contribution < -0.4 is 15.5 Å². The molecule has 3 aromatic rings. The van der Waals surface area contributed by atoms with Crippen LogP contribution in [-0.4, -0.2) is 7.11 Å². The molecule has 0 bridgehead atoms. The highest BCUT2D eigenvalue weighted by molar-refractivity contribution is 7.98. The molecule has 0 radical (unpaired) electrons. The average Bonchev–Trinajstić information content (AvgIpc) is 3.20. The molecule has 0 aliphatic heterocycles. The van der Waals surface area contributed by atoms with Crippen LogP contribution in [0, 0.1) is 22.7 Å². The second-order valence-corrected chi connectivity index (χ2v) is 7.27. The number of anilines is 1. The Bertz CT molecular complexity index is 1020. The maximum absolute atomic E-state index is 9.74. The van der Waals surface area contributed by atoms with E-state index in [0.717, 1.165) is 16.2 Å². The van der Waals surface area contributed by atoms with E-state index in [1.54, 1.807) is 7.11 Å². The normalized spacial score (nSPS) is 10.1. The lowest BCUT2D eigenvalue weighted by Crippen LogP contribution is -2.18. The number of ether oxygens (including phenoxy) is 1. The van der Waals surface area contributed by atoms with Gasteiger partial charge in [0.25, 0.3) is 5.82 Å². The van der Waals surface area contributed by atoms with Gasteiger partial charge in [0, 0.05) is 16.2 Å². The maximum atomic E-state index is 9.74. The van der Waals surface area contributed by atoms with Crippen molar-refractivity contribution in [3.05, 3.63) is 58.5 Å². The highest BCUT2D eigenvalue weighted by Crippen LogP contribution is 2.36. The summed E-state index contributed by atoms with van der Waals surface area (Å²) in [6.07, 6.45) is 0. The standard InChI is InChI=1S/C19H14N4OS2/c1-24-13-5-2-4-12(8-13)11-26-19-15(10-21)17(16-6-3-7-25-16)14(9-20)18(22)23-19/h2-8H,11H2,1H3,(H2,22,23)/p+1. The first-order valence-corrected chi connectivity index (χ1v) is 9.53. The summed E-state index contributed by atoms with van der Waals surface area (Å²) >= 11 is 2.94. The molecule has 0 unspecified atom stereocenters. The van der Waals surface area contributed by atoms with Crippen LogP contribution in [0.1, 0.15) is 16.7 Å². The van der Waals surface area contributed by atoms with Crippen LogP contribution in [0.3, 0.4) is 0 Å². The van der Waals surface area contributed by atoms with Crippen LogP contribution >= 0.6 is 23.1 Å². The fourth-order valence-electron chi connectivity index (χ4n) is 2.54. The molecule has 5 nitrogen and oxygen atoms in total. The van der Waals surface area contributed by atoms with E-state index in [1.165, 1.54) is 23.1 Å². The number of aromatic nitrogens is 1. The number of rotatable bonds is 5. The van der Waals surface area contributed by atoms with Gasteiger partial charge in [-0.3, -0.25) is 5.73 Å². The monoisotopic (exact) mass is 379 g/mol. The van der Waals surface area contributed by atoms with Crippen LogP contribution in [0.2, 0.25) is 0 Å². The summed E-state index contributed by atoms with van der Waals surface area (Å²) in [7, 11) is 1.63. The molecule has 0 saturated heterocycles. The van der Waals surface area contributed by atoms with Crippen LogP contribution in [-0.2, 0) is 5.75 Å². The van der Waals surface area contributed by atoms with Crippen molar-refractivity contribution in [2.24, 2.45) is 0 Å². The third-order valence-corrected chi connectivity index (χ3v) is 5.71. The average molecular weight is 379 g/mol. The Morgan fingerprint density at radius 2 is 2.00 bits per heavy atom. The zero-order valence-electron chi connectivity index (χ0n) is 13.9. The number of nitrogens with one attached hydrogen (secondary N) is 1. The molecule has 2 aromatic heterocycles. The quantitative estimate of drug-likeness (QED) is 0.679. The van der Waals surface area contributed by atoms with Crippen molar-refractivity contribution in [3.8, 4) is 28.3 Å². The van der Waals surface area contributed by atoms with Crippen molar-refractivity contribution in [2.45, 2.75) is 10.8 Å². The van der Waals surface area contributed by atoms with E-state index in [-0.39, 0.29) is 5.82 Å². The molecule has 128 valence electrons. The van der Waals surface area contributed by atoms with Crippen molar-refractivity contribution in [3.63, 3.8) is 0 Å². The predicted octanol–water partition coefficient (Wildman–Crippen LogP) is 3.86. The van der Waals surface area contributed by atoms with Gasteiger partial charge in [0.05, 0.1) is 7.11 Å². The molecule has 0 fully saturated rings. The summed E-state index contributed by atoms with van der Waals surface area (Å²) in [6.45, 7) is 0. The first-order valence-electron chi connectivity index (χ1n) is 7.66. The molecular formula is C19H15N4OS2+. The van der Waals surface area contributed by atoms with E-state index in [9.17, 15) is 10.5 Å². The lowest BCUT2D eigenvalue weighted by Gasteiger charge is -2.09. The van der Waals surface area contributed by atoms with Gasteiger partial charge in [-0.25, -0.2) is 4.98 Å². The zero-order chi connectivity index (χ0) is 18.5. The molecule has 0 amide bonds. The lowest BCUT2D eigenvalue weighted by atomic mass is 10.0. The minimum absolute atomic E-state index is 0.267. The summed E-state index contributed by atoms with van der Waals surface area (Å²) in [5.41, 5.74) is 8.45. The third-order valence-electron chi connectivity index (χ3n) is 3.75. The van der Waals surface area contributed by atoms with Crippen LogP contribution in [0.15, 0.2) is 46.8 Å². The van der Waals surface area contributed by atoms with Crippen LogP contribution in [0.5, 0.6) is 5.75 Å². The van der Waals surface area contributed by atoms with Gasteiger partial charge in [0.1, 0.15) is 23.5 Å². The van der Waals surface area contributed by atoms with E-state index in [2.05, 4.69) is 17.1 Å². The Morgan fingerprint density at radius 1 is 1.19 bits per heavy atom. The van der Waals surface area contributed by atoms with Gasteiger partial charge >= 0.3 is 0 Å². The molecule has 26 heavy (non-hydrogen) atoms. The molecular weight excluding hydrogens is 364 g/mol. The van der Waals surface area contributed by atoms with Gasteiger partial charge in [-0.05, 0) is 29.1 Å².